The number of nitrogens with one attached hydrogen (secondary N) is 1. The second-order valence-corrected chi connectivity index (χ2v) is 5.64. The summed E-state index contributed by atoms with van der Waals surface area (Å²) in [5.74, 6) is -0.811. The molecule has 2 N–H and O–H groups in total. The highest BCUT2D eigenvalue weighted by Crippen LogP contribution is 2.28. The first kappa shape index (κ1) is 15.0. The minimum absolute atomic E-state index is 0. The van der Waals surface area contributed by atoms with Crippen molar-refractivity contribution < 1.29 is 9.90 Å². The molecule has 0 spiro atoms. The van der Waals surface area contributed by atoms with E-state index in [2.05, 4.69) is 32.2 Å². The van der Waals surface area contributed by atoms with E-state index < -0.39 is 5.97 Å². The van der Waals surface area contributed by atoms with Crippen molar-refractivity contribution >= 4 is 18.4 Å². The zero-order valence-corrected chi connectivity index (χ0v) is 11.9. The van der Waals surface area contributed by atoms with E-state index in [9.17, 15) is 9.90 Å². The minimum Gasteiger partial charge on any atom is -0.478 e. The molecule has 0 bridgehead atoms. The number of carboxylic acids is 1. The average molecular weight is 270 g/mol. The quantitative estimate of drug-likeness (QED) is 0.824. The molecular weight excluding hydrogens is 250 g/mol. The van der Waals surface area contributed by atoms with Crippen LogP contribution in [0.3, 0.4) is 0 Å². The molecule has 1 aliphatic rings. The zero-order valence-electron chi connectivity index (χ0n) is 11.0. The number of rotatable bonds is 1. The number of halogens is 1. The fourth-order valence-corrected chi connectivity index (χ4v) is 2.25. The highest BCUT2D eigenvalue weighted by atomic mass is 35.5. The van der Waals surface area contributed by atoms with Gasteiger partial charge >= 0.3 is 5.97 Å². The summed E-state index contributed by atoms with van der Waals surface area (Å²) in [7, 11) is 0. The van der Waals surface area contributed by atoms with Crippen LogP contribution in [0.15, 0.2) is 12.1 Å². The van der Waals surface area contributed by atoms with Crippen LogP contribution in [0.2, 0.25) is 0 Å². The number of benzene rings is 1. The van der Waals surface area contributed by atoms with E-state index in [1.54, 1.807) is 0 Å². The van der Waals surface area contributed by atoms with E-state index >= 15 is 0 Å². The Morgan fingerprint density at radius 3 is 2.56 bits per heavy atom. The molecule has 0 atom stereocenters. The number of hydrogen-bond donors (Lipinski definition) is 2. The maximum atomic E-state index is 11.3. The van der Waals surface area contributed by atoms with Crippen molar-refractivity contribution in [3.8, 4) is 0 Å². The Labute approximate surface area is 114 Å². The lowest BCUT2D eigenvalue weighted by molar-refractivity contribution is 0.0695. The third kappa shape index (κ3) is 2.85. The van der Waals surface area contributed by atoms with Gasteiger partial charge in [-0.15, -0.1) is 12.4 Å². The first-order chi connectivity index (χ1) is 7.89. The maximum Gasteiger partial charge on any atom is 0.335 e. The van der Waals surface area contributed by atoms with E-state index in [0.29, 0.717) is 5.56 Å². The molecular formula is C14H20ClNO2. The van der Waals surface area contributed by atoms with E-state index in [0.717, 1.165) is 36.2 Å². The van der Waals surface area contributed by atoms with Gasteiger partial charge in [-0.25, -0.2) is 4.79 Å². The Morgan fingerprint density at radius 1 is 1.33 bits per heavy atom. The minimum atomic E-state index is -0.811. The number of hydrogen-bond acceptors (Lipinski definition) is 2. The highest BCUT2D eigenvalue weighted by molar-refractivity contribution is 5.90. The molecule has 0 unspecified atom stereocenters. The Hall–Kier alpha value is -1.06. The van der Waals surface area contributed by atoms with Gasteiger partial charge in [0, 0.05) is 6.54 Å². The van der Waals surface area contributed by atoms with Gasteiger partial charge in [0.1, 0.15) is 0 Å². The molecule has 0 aliphatic carbocycles. The molecule has 1 aromatic carbocycles. The highest BCUT2D eigenvalue weighted by Gasteiger charge is 2.22. The zero-order chi connectivity index (χ0) is 12.6. The van der Waals surface area contributed by atoms with Crippen LogP contribution < -0.4 is 5.32 Å². The van der Waals surface area contributed by atoms with Gasteiger partial charge in [0.2, 0.25) is 0 Å². The molecule has 0 saturated heterocycles. The number of aromatic carboxylic acids is 1. The lowest BCUT2D eigenvalue weighted by atomic mass is 9.82. The first-order valence-electron chi connectivity index (χ1n) is 6.00. The molecule has 0 aromatic heterocycles. The molecule has 3 nitrogen and oxygen atoms in total. The van der Waals surface area contributed by atoms with E-state index in [-0.39, 0.29) is 17.8 Å². The van der Waals surface area contributed by atoms with Crippen molar-refractivity contribution in [3.05, 3.63) is 34.4 Å². The summed E-state index contributed by atoms with van der Waals surface area (Å²) in [5.41, 5.74) is 3.70. The first-order valence-corrected chi connectivity index (χ1v) is 6.00. The Bertz CT molecular complexity index is 464. The molecule has 0 fully saturated rings. The van der Waals surface area contributed by atoms with Gasteiger partial charge in [-0.05, 0) is 41.1 Å². The van der Waals surface area contributed by atoms with Crippen LogP contribution in [-0.4, -0.2) is 17.6 Å². The van der Waals surface area contributed by atoms with E-state index in [1.165, 1.54) is 0 Å². The Morgan fingerprint density at radius 2 is 2.00 bits per heavy atom. The average Bonchev–Trinajstić information content (AvgIpc) is 2.26. The van der Waals surface area contributed by atoms with Crippen molar-refractivity contribution in [2.45, 2.75) is 39.2 Å². The van der Waals surface area contributed by atoms with Gasteiger partial charge < -0.3 is 10.4 Å². The largest absolute Gasteiger partial charge is 0.478 e. The second-order valence-electron chi connectivity index (χ2n) is 5.64. The molecule has 100 valence electrons. The summed E-state index contributed by atoms with van der Waals surface area (Å²) in [5, 5.41) is 12.6. The van der Waals surface area contributed by atoms with Crippen LogP contribution in [-0.2, 0) is 18.4 Å². The molecule has 0 radical (unpaired) electrons. The summed E-state index contributed by atoms with van der Waals surface area (Å²) in [6, 6.07) is 3.99. The standard InChI is InChI=1S/C14H19NO2.ClH/c1-14(2,3)10-6-9-8-15-5-4-11(9)12(7-10)13(16)17;/h6-7,15H,4-5,8H2,1-3H3,(H,16,17);1H. The van der Waals surface area contributed by atoms with Crippen LogP contribution in [0.4, 0.5) is 0 Å². The van der Waals surface area contributed by atoms with Gasteiger partial charge in [-0.2, -0.15) is 0 Å². The van der Waals surface area contributed by atoms with E-state index in [4.69, 9.17) is 0 Å². The number of carbonyl (C=O) groups is 1. The second kappa shape index (κ2) is 5.29. The topological polar surface area (TPSA) is 49.3 Å². The van der Waals surface area contributed by atoms with Crippen molar-refractivity contribution in [2.75, 3.05) is 6.54 Å². The summed E-state index contributed by atoms with van der Waals surface area (Å²) in [4.78, 5) is 11.3. The van der Waals surface area contributed by atoms with E-state index in [1.807, 2.05) is 6.07 Å². The van der Waals surface area contributed by atoms with Crippen LogP contribution in [0.5, 0.6) is 0 Å². The molecule has 18 heavy (non-hydrogen) atoms. The van der Waals surface area contributed by atoms with Gasteiger partial charge in [0.05, 0.1) is 5.56 Å². The molecule has 0 amide bonds. The van der Waals surface area contributed by atoms with Gasteiger partial charge in [-0.1, -0.05) is 26.8 Å². The number of fused-ring (bicyclic) bond motifs is 1. The van der Waals surface area contributed by atoms with Crippen molar-refractivity contribution in [1.82, 2.24) is 5.32 Å². The van der Waals surface area contributed by atoms with Crippen molar-refractivity contribution in [2.24, 2.45) is 0 Å². The normalized spacial score (nSPS) is 14.6. The van der Waals surface area contributed by atoms with Gasteiger partial charge in [0.25, 0.3) is 0 Å². The predicted octanol–water partition coefficient (Wildman–Crippen LogP) is 2.75. The monoisotopic (exact) mass is 269 g/mol. The van der Waals surface area contributed by atoms with Crippen LogP contribution in [0.1, 0.15) is 47.8 Å². The maximum absolute atomic E-state index is 11.3. The lowest BCUT2D eigenvalue weighted by Gasteiger charge is -2.25. The van der Waals surface area contributed by atoms with Crippen LogP contribution in [0.25, 0.3) is 0 Å². The van der Waals surface area contributed by atoms with Crippen LogP contribution in [0, 0.1) is 0 Å². The summed E-state index contributed by atoms with van der Waals surface area (Å²) >= 11 is 0. The predicted molar refractivity (Wildman–Crippen MR) is 74.8 cm³/mol. The Kier molecular flexibility index (Phi) is 4.41. The lowest BCUT2D eigenvalue weighted by Crippen LogP contribution is -2.27. The third-order valence-corrected chi connectivity index (χ3v) is 3.31. The van der Waals surface area contributed by atoms with Gasteiger partial charge in [-0.3, -0.25) is 0 Å². The molecule has 1 heterocycles. The van der Waals surface area contributed by atoms with Crippen LogP contribution >= 0.6 is 12.4 Å². The van der Waals surface area contributed by atoms with Crippen molar-refractivity contribution in [1.29, 1.82) is 0 Å². The molecule has 1 aliphatic heterocycles. The molecule has 2 rings (SSSR count). The molecule has 4 heteroatoms. The molecule has 0 saturated carbocycles. The third-order valence-electron chi connectivity index (χ3n) is 3.31. The summed E-state index contributed by atoms with van der Waals surface area (Å²) in [6.07, 6.45) is 0.807. The Balaban J connectivity index is 0.00000162. The fraction of sp³-hybridized carbons (Fsp3) is 0.500. The SMILES string of the molecule is CC(C)(C)c1cc2c(c(C(=O)O)c1)CCNC2.Cl. The molecule has 1 aromatic rings. The fourth-order valence-electron chi connectivity index (χ4n) is 2.25. The van der Waals surface area contributed by atoms with Crippen molar-refractivity contribution in [3.63, 3.8) is 0 Å². The smallest absolute Gasteiger partial charge is 0.335 e. The summed E-state index contributed by atoms with van der Waals surface area (Å²) < 4.78 is 0. The number of carboxylic acid groups (broad SMARTS) is 1. The summed E-state index contributed by atoms with van der Waals surface area (Å²) in [6.45, 7) is 7.96. The van der Waals surface area contributed by atoms with Gasteiger partial charge in [0.15, 0.2) is 0 Å².